The van der Waals surface area contributed by atoms with Gasteiger partial charge in [-0.25, -0.2) is 9.37 Å². The van der Waals surface area contributed by atoms with E-state index in [2.05, 4.69) is 25.5 Å². The number of amides is 1. The molecule has 0 aromatic carbocycles. The van der Waals surface area contributed by atoms with Crippen LogP contribution in [0.2, 0.25) is 0 Å². The summed E-state index contributed by atoms with van der Waals surface area (Å²) in [4.78, 5) is 19.9. The van der Waals surface area contributed by atoms with E-state index in [4.69, 9.17) is 5.73 Å². The zero-order chi connectivity index (χ0) is 18.9. The summed E-state index contributed by atoms with van der Waals surface area (Å²) in [5, 5.41) is 12.1. The molecule has 7 nitrogen and oxygen atoms in total. The second kappa shape index (κ2) is 7.97. The van der Waals surface area contributed by atoms with Crippen LogP contribution in [0.15, 0.2) is 36.7 Å². The monoisotopic (exact) mass is 400 g/mol. The molecule has 0 bridgehead atoms. The smallest absolute Gasteiger partial charge is 0.260 e. The number of hydrogen-bond acceptors (Lipinski definition) is 7. The van der Waals surface area contributed by atoms with Gasteiger partial charge >= 0.3 is 0 Å². The Kier molecular flexibility index (Phi) is 5.64. The van der Waals surface area contributed by atoms with Crippen LogP contribution in [0.1, 0.15) is 42.1 Å². The molecule has 28 heavy (non-hydrogen) atoms. The van der Waals surface area contributed by atoms with Crippen molar-refractivity contribution in [1.29, 1.82) is 0 Å². The Morgan fingerprint density at radius 2 is 2.07 bits per heavy atom. The standard InChI is InChI=1S/C18H17FN6OS.CH4/c19-11-3-1-8-21-15(11)18(6-2-7-18)10-23-14-5-4-12(24-25-14)17-22-9-13(27-17)16(20)26;/h1,3-5,8-9H,2,6-7,10H2,(H2,20,26)(H,23,25);1H4. The van der Waals surface area contributed by atoms with E-state index >= 15 is 0 Å². The van der Waals surface area contributed by atoms with E-state index in [0.29, 0.717) is 33.6 Å². The number of carbonyl (C=O) groups excluding carboxylic acids is 1. The molecule has 4 rings (SSSR count). The van der Waals surface area contributed by atoms with E-state index in [1.165, 1.54) is 23.6 Å². The predicted molar refractivity (Wildman–Crippen MR) is 107 cm³/mol. The van der Waals surface area contributed by atoms with Gasteiger partial charge in [-0.05, 0) is 37.1 Å². The van der Waals surface area contributed by atoms with E-state index in [9.17, 15) is 9.18 Å². The van der Waals surface area contributed by atoms with Gasteiger partial charge in [-0.2, -0.15) is 0 Å². The molecule has 3 heterocycles. The number of nitrogens with one attached hydrogen (secondary N) is 1. The number of nitrogens with zero attached hydrogens (tertiary/aromatic N) is 4. The number of anilines is 1. The van der Waals surface area contributed by atoms with Crippen molar-refractivity contribution in [3.63, 3.8) is 0 Å². The van der Waals surface area contributed by atoms with Crippen LogP contribution in [0.4, 0.5) is 10.2 Å². The molecule has 0 unspecified atom stereocenters. The average molecular weight is 400 g/mol. The lowest BCUT2D eigenvalue weighted by molar-refractivity contribution is 0.100. The van der Waals surface area contributed by atoms with Crippen molar-refractivity contribution in [2.75, 3.05) is 11.9 Å². The highest BCUT2D eigenvalue weighted by molar-refractivity contribution is 7.16. The number of hydrogen-bond donors (Lipinski definition) is 2. The van der Waals surface area contributed by atoms with Crippen LogP contribution in [0.3, 0.4) is 0 Å². The first-order valence-electron chi connectivity index (χ1n) is 8.52. The predicted octanol–water partition coefficient (Wildman–Crippen LogP) is 3.40. The molecule has 0 radical (unpaired) electrons. The van der Waals surface area contributed by atoms with Crippen molar-refractivity contribution in [2.45, 2.75) is 32.1 Å². The lowest BCUT2D eigenvalue weighted by Gasteiger charge is -2.41. The Morgan fingerprint density at radius 1 is 1.25 bits per heavy atom. The summed E-state index contributed by atoms with van der Waals surface area (Å²) in [6, 6.07) is 6.61. The average Bonchev–Trinajstić information content (AvgIpc) is 3.13. The molecule has 0 atom stereocenters. The quantitative estimate of drug-likeness (QED) is 0.657. The number of primary amides is 1. The summed E-state index contributed by atoms with van der Waals surface area (Å²) in [5.41, 5.74) is 6.00. The van der Waals surface area contributed by atoms with Gasteiger partial charge in [-0.15, -0.1) is 21.5 Å². The molecule has 3 N–H and O–H groups in total. The molecule has 0 spiro atoms. The molecule has 9 heteroatoms. The molecule has 3 aromatic rings. The van der Waals surface area contributed by atoms with E-state index in [-0.39, 0.29) is 18.7 Å². The maximum atomic E-state index is 14.2. The maximum Gasteiger partial charge on any atom is 0.260 e. The van der Waals surface area contributed by atoms with Crippen LogP contribution in [0.25, 0.3) is 10.7 Å². The summed E-state index contributed by atoms with van der Waals surface area (Å²) in [7, 11) is 0. The van der Waals surface area contributed by atoms with Gasteiger partial charge < -0.3 is 11.1 Å². The summed E-state index contributed by atoms with van der Waals surface area (Å²) in [6.45, 7) is 0.540. The largest absolute Gasteiger partial charge is 0.368 e. The van der Waals surface area contributed by atoms with Gasteiger partial charge in [-0.3, -0.25) is 9.78 Å². The van der Waals surface area contributed by atoms with E-state index in [0.717, 1.165) is 19.3 Å². The maximum absolute atomic E-state index is 14.2. The van der Waals surface area contributed by atoms with E-state index in [1.807, 2.05) is 0 Å². The van der Waals surface area contributed by atoms with Crippen LogP contribution in [-0.2, 0) is 5.41 Å². The highest BCUT2D eigenvalue weighted by Gasteiger charge is 2.41. The summed E-state index contributed by atoms with van der Waals surface area (Å²) < 4.78 is 14.2. The third-order valence-electron chi connectivity index (χ3n) is 4.81. The minimum absolute atomic E-state index is 0. The number of pyridine rings is 1. The van der Waals surface area contributed by atoms with Crippen molar-refractivity contribution in [2.24, 2.45) is 5.73 Å². The number of halogens is 1. The second-order valence-electron chi connectivity index (χ2n) is 6.52. The molecule has 3 aromatic heterocycles. The van der Waals surface area contributed by atoms with Crippen molar-refractivity contribution in [3.8, 4) is 10.7 Å². The molecule has 0 saturated heterocycles. The first-order chi connectivity index (χ1) is 13.1. The molecule has 1 amide bonds. The molecule has 146 valence electrons. The number of carbonyl (C=O) groups is 1. The van der Waals surface area contributed by atoms with Gasteiger partial charge in [0.25, 0.3) is 5.91 Å². The fourth-order valence-corrected chi connectivity index (χ4v) is 3.92. The fraction of sp³-hybridized carbons (Fsp3) is 0.316. The summed E-state index contributed by atoms with van der Waals surface area (Å²) in [5.74, 6) is -0.194. The van der Waals surface area contributed by atoms with Gasteiger partial charge in [0.1, 0.15) is 27.2 Å². The Labute approximate surface area is 166 Å². The van der Waals surface area contributed by atoms with Crippen LogP contribution in [0.5, 0.6) is 0 Å². The molecule has 1 aliphatic rings. The normalized spacial score (nSPS) is 14.6. The molecule has 0 aliphatic heterocycles. The van der Waals surface area contributed by atoms with Crippen molar-refractivity contribution >= 4 is 23.1 Å². The van der Waals surface area contributed by atoms with E-state index < -0.39 is 5.91 Å². The topological polar surface area (TPSA) is 107 Å². The zero-order valence-electron chi connectivity index (χ0n) is 14.4. The fourth-order valence-electron chi connectivity index (χ4n) is 3.18. The molecular formula is C19H21FN6OS. The highest BCUT2D eigenvalue weighted by atomic mass is 32.1. The van der Waals surface area contributed by atoms with E-state index in [1.54, 1.807) is 24.4 Å². The summed E-state index contributed by atoms with van der Waals surface area (Å²) in [6.07, 6.45) is 5.87. The number of nitrogens with two attached hydrogens (primary N) is 1. The Morgan fingerprint density at radius 3 is 2.64 bits per heavy atom. The minimum Gasteiger partial charge on any atom is -0.368 e. The number of thiazole rings is 1. The Hall–Kier alpha value is -2.94. The third kappa shape index (κ3) is 3.70. The number of rotatable bonds is 6. The zero-order valence-corrected chi connectivity index (χ0v) is 15.2. The van der Waals surface area contributed by atoms with Gasteiger partial charge in [0.05, 0.1) is 11.9 Å². The Balaban J connectivity index is 0.00000225. The lowest BCUT2D eigenvalue weighted by atomic mass is 9.66. The van der Waals surface area contributed by atoms with Gasteiger partial charge in [0, 0.05) is 18.2 Å². The third-order valence-corrected chi connectivity index (χ3v) is 5.85. The first kappa shape index (κ1) is 19.8. The van der Waals surface area contributed by atoms with Gasteiger partial charge in [0.15, 0.2) is 0 Å². The molecular weight excluding hydrogens is 379 g/mol. The minimum atomic E-state index is -0.516. The van der Waals surface area contributed by atoms with Gasteiger partial charge in [0.2, 0.25) is 0 Å². The first-order valence-corrected chi connectivity index (χ1v) is 9.34. The van der Waals surface area contributed by atoms with Crippen molar-refractivity contribution < 1.29 is 9.18 Å². The van der Waals surface area contributed by atoms with Crippen LogP contribution in [-0.4, -0.2) is 32.6 Å². The van der Waals surface area contributed by atoms with Crippen LogP contribution >= 0.6 is 11.3 Å². The molecule has 1 saturated carbocycles. The van der Waals surface area contributed by atoms with Gasteiger partial charge in [-0.1, -0.05) is 13.8 Å². The molecule has 1 fully saturated rings. The van der Waals surface area contributed by atoms with Crippen LogP contribution < -0.4 is 11.1 Å². The van der Waals surface area contributed by atoms with Crippen molar-refractivity contribution in [3.05, 3.63) is 53.0 Å². The van der Waals surface area contributed by atoms with Crippen molar-refractivity contribution in [1.82, 2.24) is 20.2 Å². The van der Waals surface area contributed by atoms with Crippen LogP contribution in [0, 0.1) is 5.82 Å². The molecule has 1 aliphatic carbocycles. The SMILES string of the molecule is C.NC(=O)c1cnc(-c2ccc(NCC3(c4ncccc4F)CCC3)nn2)s1. The lowest BCUT2D eigenvalue weighted by Crippen LogP contribution is -2.42. The number of aromatic nitrogens is 4. The highest BCUT2D eigenvalue weighted by Crippen LogP contribution is 2.43. The summed E-state index contributed by atoms with van der Waals surface area (Å²) >= 11 is 1.17. The Bertz CT molecular complexity index is 971. The second-order valence-corrected chi connectivity index (χ2v) is 7.55.